The second-order valence-electron chi connectivity index (χ2n) is 7.99. The van der Waals surface area contributed by atoms with E-state index in [-0.39, 0.29) is 28.6 Å². The number of carbonyl (C=O) groups is 2. The number of carbonyl (C=O) groups excluding carboxylic acids is 2. The van der Waals surface area contributed by atoms with E-state index in [9.17, 15) is 14.4 Å². The molecule has 0 N–H and O–H groups in total. The maximum atomic E-state index is 13.4. The Balaban J connectivity index is 2.03. The SMILES string of the molecule is CCCn1c(=NC(=O)/C=C\c2ccccc2)c(C(=O)OCC)cc2c(=O)n3cccc(C)c3nc21. The number of aryl methyl sites for hydroxylation is 2. The zero-order valence-electron chi connectivity index (χ0n) is 19.9. The second kappa shape index (κ2) is 10.3. The van der Waals surface area contributed by atoms with Crippen LogP contribution >= 0.6 is 0 Å². The molecule has 0 atom stereocenters. The summed E-state index contributed by atoms with van der Waals surface area (Å²) in [5.74, 6) is -1.20. The summed E-state index contributed by atoms with van der Waals surface area (Å²) in [5.41, 5.74) is 2.37. The molecule has 0 aliphatic heterocycles. The number of fused-ring (bicyclic) bond motifs is 2. The van der Waals surface area contributed by atoms with Crippen molar-refractivity contribution >= 4 is 34.6 Å². The Kier molecular flexibility index (Phi) is 7.01. The Bertz CT molecular complexity index is 1580. The number of hydrogen-bond donors (Lipinski definition) is 0. The van der Waals surface area contributed by atoms with E-state index in [0.29, 0.717) is 24.3 Å². The molecule has 0 fully saturated rings. The smallest absolute Gasteiger partial charge is 0.341 e. The van der Waals surface area contributed by atoms with Gasteiger partial charge in [0, 0.05) is 18.8 Å². The van der Waals surface area contributed by atoms with Crippen molar-refractivity contribution in [2.45, 2.75) is 33.7 Å². The predicted molar refractivity (Wildman–Crippen MR) is 134 cm³/mol. The van der Waals surface area contributed by atoms with Crippen LogP contribution in [0.25, 0.3) is 22.8 Å². The Morgan fingerprint density at radius 3 is 2.57 bits per heavy atom. The zero-order chi connectivity index (χ0) is 24.9. The number of pyridine rings is 2. The molecule has 3 heterocycles. The van der Waals surface area contributed by atoms with Crippen molar-refractivity contribution in [1.29, 1.82) is 0 Å². The minimum Gasteiger partial charge on any atom is -0.462 e. The van der Waals surface area contributed by atoms with Crippen LogP contribution in [0.2, 0.25) is 0 Å². The molecule has 0 bridgehead atoms. The van der Waals surface area contributed by atoms with Crippen molar-refractivity contribution in [3.05, 3.63) is 93.3 Å². The van der Waals surface area contributed by atoms with Gasteiger partial charge < -0.3 is 9.30 Å². The van der Waals surface area contributed by atoms with Gasteiger partial charge in [0.05, 0.1) is 12.0 Å². The first kappa shape index (κ1) is 23.8. The molecule has 178 valence electrons. The van der Waals surface area contributed by atoms with Crippen LogP contribution in [0.3, 0.4) is 0 Å². The van der Waals surface area contributed by atoms with Gasteiger partial charge in [0.15, 0.2) is 5.49 Å². The Labute approximate surface area is 201 Å². The second-order valence-corrected chi connectivity index (χ2v) is 7.99. The highest BCUT2D eigenvalue weighted by molar-refractivity contribution is 5.96. The summed E-state index contributed by atoms with van der Waals surface area (Å²) in [6, 6.07) is 14.4. The van der Waals surface area contributed by atoms with Crippen LogP contribution in [-0.4, -0.2) is 32.4 Å². The summed E-state index contributed by atoms with van der Waals surface area (Å²) in [7, 11) is 0. The molecule has 0 aliphatic carbocycles. The van der Waals surface area contributed by atoms with E-state index in [4.69, 9.17) is 9.72 Å². The molecule has 3 aromatic heterocycles. The summed E-state index contributed by atoms with van der Waals surface area (Å²) in [6.07, 6.45) is 5.30. The number of amides is 1. The molecule has 0 unspecified atom stereocenters. The molecule has 0 spiro atoms. The highest BCUT2D eigenvalue weighted by atomic mass is 16.5. The van der Waals surface area contributed by atoms with Crippen molar-refractivity contribution in [3.63, 3.8) is 0 Å². The standard InChI is InChI=1S/C27H26N4O4/c1-4-15-30-24-20(26(33)31-16-9-10-18(3)23(31)29-24)17-21(27(34)35-5-2)25(30)28-22(32)14-13-19-11-7-6-8-12-19/h6-14,16-17H,4-5,15H2,1-3H3/b14-13-,28-25?. The molecule has 1 amide bonds. The number of benzene rings is 1. The maximum Gasteiger partial charge on any atom is 0.341 e. The molecule has 8 heteroatoms. The lowest BCUT2D eigenvalue weighted by atomic mass is 10.2. The molecule has 1 aromatic carbocycles. The molecular formula is C27H26N4O4. The average molecular weight is 471 g/mol. The Hall–Kier alpha value is -4.33. The van der Waals surface area contributed by atoms with Gasteiger partial charge in [-0.05, 0) is 49.6 Å². The highest BCUT2D eigenvalue weighted by Gasteiger charge is 2.19. The van der Waals surface area contributed by atoms with Crippen molar-refractivity contribution < 1.29 is 14.3 Å². The van der Waals surface area contributed by atoms with E-state index in [1.807, 2.05) is 50.2 Å². The number of rotatable bonds is 6. The van der Waals surface area contributed by atoms with Crippen molar-refractivity contribution in [3.8, 4) is 0 Å². The van der Waals surface area contributed by atoms with E-state index >= 15 is 0 Å². The lowest BCUT2D eigenvalue weighted by molar-refractivity contribution is -0.113. The summed E-state index contributed by atoms with van der Waals surface area (Å²) in [4.78, 5) is 48.1. The topological polar surface area (TPSA) is 95.0 Å². The number of esters is 1. The van der Waals surface area contributed by atoms with Gasteiger partial charge in [-0.2, -0.15) is 4.99 Å². The largest absolute Gasteiger partial charge is 0.462 e. The predicted octanol–water partition coefficient (Wildman–Crippen LogP) is 3.69. The molecule has 35 heavy (non-hydrogen) atoms. The third-order valence-electron chi connectivity index (χ3n) is 5.48. The van der Waals surface area contributed by atoms with Crippen LogP contribution in [0.1, 0.15) is 41.8 Å². The highest BCUT2D eigenvalue weighted by Crippen LogP contribution is 2.14. The lowest BCUT2D eigenvalue weighted by Gasteiger charge is -2.14. The summed E-state index contributed by atoms with van der Waals surface area (Å²) >= 11 is 0. The molecule has 0 saturated heterocycles. The number of nitrogens with zero attached hydrogens (tertiary/aromatic N) is 4. The molecule has 0 saturated carbocycles. The van der Waals surface area contributed by atoms with Gasteiger partial charge in [-0.3, -0.25) is 14.0 Å². The van der Waals surface area contributed by atoms with Crippen LogP contribution in [0, 0.1) is 6.92 Å². The van der Waals surface area contributed by atoms with Crippen LogP contribution in [0.4, 0.5) is 0 Å². The van der Waals surface area contributed by atoms with E-state index in [0.717, 1.165) is 11.1 Å². The van der Waals surface area contributed by atoms with Gasteiger partial charge >= 0.3 is 5.97 Å². The van der Waals surface area contributed by atoms with Crippen molar-refractivity contribution in [1.82, 2.24) is 14.0 Å². The van der Waals surface area contributed by atoms with E-state index in [2.05, 4.69) is 4.99 Å². The number of ether oxygens (including phenoxy) is 1. The summed E-state index contributed by atoms with van der Waals surface area (Å²) in [5, 5.41) is 0.246. The van der Waals surface area contributed by atoms with Gasteiger partial charge in [0.1, 0.15) is 16.9 Å². The third-order valence-corrected chi connectivity index (χ3v) is 5.48. The maximum absolute atomic E-state index is 13.4. The monoisotopic (exact) mass is 470 g/mol. The van der Waals surface area contributed by atoms with Gasteiger partial charge in [-0.25, -0.2) is 9.78 Å². The van der Waals surface area contributed by atoms with Crippen LogP contribution in [0.15, 0.2) is 70.6 Å². The summed E-state index contributed by atoms with van der Waals surface area (Å²) in [6.45, 7) is 6.05. The number of hydrogen-bond acceptors (Lipinski definition) is 5. The van der Waals surface area contributed by atoms with Crippen molar-refractivity contribution in [2.24, 2.45) is 4.99 Å². The fourth-order valence-electron chi connectivity index (χ4n) is 3.88. The van der Waals surface area contributed by atoms with Gasteiger partial charge in [0.2, 0.25) is 0 Å². The average Bonchev–Trinajstić information content (AvgIpc) is 2.86. The quantitative estimate of drug-likeness (QED) is 0.243. The van der Waals surface area contributed by atoms with E-state index in [1.54, 1.807) is 29.8 Å². The first-order chi connectivity index (χ1) is 16.9. The summed E-state index contributed by atoms with van der Waals surface area (Å²) < 4.78 is 8.35. The fourth-order valence-corrected chi connectivity index (χ4v) is 3.88. The van der Waals surface area contributed by atoms with Gasteiger partial charge in [-0.1, -0.05) is 43.3 Å². The van der Waals surface area contributed by atoms with Crippen LogP contribution in [0.5, 0.6) is 0 Å². The molecule has 0 aliphatic rings. The van der Waals surface area contributed by atoms with Crippen LogP contribution in [-0.2, 0) is 16.1 Å². The zero-order valence-corrected chi connectivity index (χ0v) is 19.9. The molecule has 0 radical (unpaired) electrons. The third kappa shape index (κ3) is 4.82. The first-order valence-electron chi connectivity index (χ1n) is 11.5. The minimum atomic E-state index is -0.661. The Morgan fingerprint density at radius 1 is 1.09 bits per heavy atom. The molecule has 4 aromatic rings. The van der Waals surface area contributed by atoms with E-state index < -0.39 is 11.9 Å². The van der Waals surface area contributed by atoms with E-state index in [1.165, 1.54) is 16.5 Å². The molecule has 4 rings (SSSR count). The number of aromatic nitrogens is 3. The fraction of sp³-hybridized carbons (Fsp3) is 0.222. The normalized spacial score (nSPS) is 12.0. The van der Waals surface area contributed by atoms with Gasteiger partial charge in [0.25, 0.3) is 11.5 Å². The van der Waals surface area contributed by atoms with Crippen LogP contribution < -0.4 is 11.0 Å². The minimum absolute atomic E-state index is 0.0424. The molecule has 8 nitrogen and oxygen atoms in total. The van der Waals surface area contributed by atoms with Gasteiger partial charge in [-0.15, -0.1) is 0 Å². The van der Waals surface area contributed by atoms with Crippen molar-refractivity contribution in [2.75, 3.05) is 6.61 Å². The first-order valence-corrected chi connectivity index (χ1v) is 11.5. The Morgan fingerprint density at radius 2 is 1.86 bits per heavy atom. The molecular weight excluding hydrogens is 444 g/mol. The lowest BCUT2D eigenvalue weighted by Crippen LogP contribution is -2.32.